The van der Waals surface area contributed by atoms with Crippen molar-refractivity contribution < 1.29 is 0 Å². The number of anilines is 1. The van der Waals surface area contributed by atoms with Crippen molar-refractivity contribution in [3.63, 3.8) is 0 Å². The molecule has 0 atom stereocenters. The van der Waals surface area contributed by atoms with Gasteiger partial charge in [-0.25, -0.2) is 9.97 Å². The lowest BCUT2D eigenvalue weighted by atomic mass is 9.96. The molecule has 0 aliphatic carbocycles. The minimum atomic E-state index is 0.305. The Kier molecular flexibility index (Phi) is 3.71. The maximum absolute atomic E-state index is 6.08. The van der Waals surface area contributed by atoms with Gasteiger partial charge in [-0.2, -0.15) is 0 Å². The summed E-state index contributed by atoms with van der Waals surface area (Å²) in [4.78, 5) is 15.2. The molecule has 3 heterocycles. The fourth-order valence-corrected chi connectivity index (χ4v) is 2.69. The second-order valence-electron chi connectivity index (χ2n) is 4.89. The van der Waals surface area contributed by atoms with Crippen LogP contribution in [0.2, 0.25) is 5.15 Å². The molecule has 1 fully saturated rings. The molecule has 21 heavy (non-hydrogen) atoms. The molecule has 0 saturated carbocycles. The summed E-state index contributed by atoms with van der Waals surface area (Å²) in [7, 11) is 0. The summed E-state index contributed by atoms with van der Waals surface area (Å²) in [5.74, 6) is 1.24. The van der Waals surface area contributed by atoms with E-state index >= 15 is 0 Å². The third kappa shape index (κ3) is 2.54. The van der Waals surface area contributed by atoms with Crippen LogP contribution >= 0.6 is 11.6 Å². The van der Waals surface area contributed by atoms with Crippen LogP contribution in [0.25, 0.3) is 12.2 Å². The van der Waals surface area contributed by atoms with Gasteiger partial charge in [-0.3, -0.25) is 4.98 Å². The van der Waals surface area contributed by atoms with E-state index in [9.17, 15) is 0 Å². The van der Waals surface area contributed by atoms with E-state index in [-0.39, 0.29) is 0 Å². The number of pyridine rings is 1. The molecule has 1 aliphatic heterocycles. The maximum Gasteiger partial charge on any atom is 0.150 e. The van der Waals surface area contributed by atoms with Gasteiger partial charge in [-0.15, -0.1) is 0 Å². The molecule has 3 rings (SSSR count). The molecule has 2 aromatic rings. The van der Waals surface area contributed by atoms with Gasteiger partial charge in [0, 0.05) is 31.4 Å². The molecule has 1 aliphatic rings. The topological polar surface area (TPSA) is 41.9 Å². The van der Waals surface area contributed by atoms with Gasteiger partial charge < -0.3 is 4.90 Å². The Morgan fingerprint density at radius 1 is 1.14 bits per heavy atom. The average molecular weight is 299 g/mol. The number of hydrogen-bond donors (Lipinski definition) is 0. The number of nitrogens with zero attached hydrogens (tertiary/aromatic N) is 4. The van der Waals surface area contributed by atoms with Crippen molar-refractivity contribution in [3.8, 4) is 0 Å². The largest absolute Gasteiger partial charge is 0.355 e. The molecule has 0 spiro atoms. The lowest BCUT2D eigenvalue weighted by Crippen LogP contribution is -2.46. The third-order valence-electron chi connectivity index (χ3n) is 3.63. The Bertz CT molecular complexity index is 692. The van der Waals surface area contributed by atoms with Gasteiger partial charge in [0.2, 0.25) is 0 Å². The third-order valence-corrected chi connectivity index (χ3v) is 3.92. The molecular formula is C16H15ClN4. The Labute approximate surface area is 128 Å². The normalized spacial score (nSPS) is 14.6. The number of aromatic nitrogens is 3. The fraction of sp³-hybridized carbons (Fsp3) is 0.188. The Balaban J connectivity index is 1.76. The Hall–Kier alpha value is -2.20. The van der Waals surface area contributed by atoms with Gasteiger partial charge in [-0.1, -0.05) is 30.8 Å². The van der Waals surface area contributed by atoms with Crippen molar-refractivity contribution in [2.75, 3.05) is 18.0 Å². The van der Waals surface area contributed by atoms with Gasteiger partial charge in [-0.05, 0) is 23.8 Å². The fourth-order valence-electron chi connectivity index (χ4n) is 2.43. The van der Waals surface area contributed by atoms with Crippen LogP contribution in [-0.4, -0.2) is 28.0 Å². The van der Waals surface area contributed by atoms with Crippen molar-refractivity contribution in [2.45, 2.75) is 5.92 Å². The van der Waals surface area contributed by atoms with Gasteiger partial charge in [0.25, 0.3) is 0 Å². The molecule has 0 radical (unpaired) electrons. The predicted molar refractivity (Wildman–Crippen MR) is 86.4 cm³/mol. The first-order valence-electron chi connectivity index (χ1n) is 6.70. The first kappa shape index (κ1) is 13.8. The van der Waals surface area contributed by atoms with Crippen molar-refractivity contribution in [3.05, 3.63) is 59.8 Å². The standard InChI is InChI=1S/C16H15ClN4/c1-3-11-5-6-14(20-13(11)4-2)21-9-12(10-21)15-16(17)19-8-7-18-15/h3-8,12H,1-2,9-10H2. The minimum Gasteiger partial charge on any atom is -0.355 e. The molecule has 0 bridgehead atoms. The van der Waals surface area contributed by atoms with Crippen molar-refractivity contribution in [1.82, 2.24) is 15.0 Å². The minimum absolute atomic E-state index is 0.305. The van der Waals surface area contributed by atoms with Crippen molar-refractivity contribution in [2.24, 2.45) is 0 Å². The Morgan fingerprint density at radius 3 is 2.57 bits per heavy atom. The van der Waals surface area contributed by atoms with Crippen LogP contribution in [0.5, 0.6) is 0 Å². The van der Waals surface area contributed by atoms with Crippen LogP contribution in [0.4, 0.5) is 5.82 Å². The van der Waals surface area contributed by atoms with Crippen LogP contribution in [0.15, 0.2) is 37.7 Å². The molecule has 106 valence electrons. The molecule has 2 aromatic heterocycles. The summed E-state index contributed by atoms with van der Waals surface area (Å²) in [5.41, 5.74) is 2.70. The van der Waals surface area contributed by atoms with E-state index in [4.69, 9.17) is 11.6 Å². The van der Waals surface area contributed by atoms with Gasteiger partial charge in [0.1, 0.15) is 5.82 Å². The molecule has 1 saturated heterocycles. The first-order valence-corrected chi connectivity index (χ1v) is 7.08. The summed E-state index contributed by atoms with van der Waals surface area (Å²) < 4.78 is 0. The quantitative estimate of drug-likeness (QED) is 0.867. The Morgan fingerprint density at radius 2 is 1.90 bits per heavy atom. The SMILES string of the molecule is C=Cc1ccc(N2CC(c3nccnc3Cl)C2)nc1C=C. The second-order valence-corrected chi connectivity index (χ2v) is 5.24. The van der Waals surface area contributed by atoms with Crippen LogP contribution in [-0.2, 0) is 0 Å². The summed E-state index contributed by atoms with van der Waals surface area (Å²) >= 11 is 6.08. The van der Waals surface area contributed by atoms with Gasteiger partial charge in [0.05, 0.1) is 11.4 Å². The molecule has 4 nitrogen and oxygen atoms in total. The van der Waals surface area contributed by atoms with E-state index in [0.29, 0.717) is 11.1 Å². The summed E-state index contributed by atoms with van der Waals surface area (Å²) in [6.45, 7) is 9.26. The lowest BCUT2D eigenvalue weighted by molar-refractivity contribution is 0.507. The molecular weight excluding hydrogens is 284 g/mol. The zero-order valence-corrected chi connectivity index (χ0v) is 12.3. The predicted octanol–water partition coefficient (Wildman–Crippen LogP) is 3.41. The monoisotopic (exact) mass is 298 g/mol. The highest BCUT2D eigenvalue weighted by Crippen LogP contribution is 2.32. The van der Waals surface area contributed by atoms with Crippen LogP contribution in [0, 0.1) is 0 Å². The van der Waals surface area contributed by atoms with Crippen LogP contribution < -0.4 is 4.90 Å². The number of hydrogen-bond acceptors (Lipinski definition) is 4. The van der Waals surface area contributed by atoms with E-state index < -0.39 is 0 Å². The van der Waals surface area contributed by atoms with E-state index in [2.05, 4.69) is 33.0 Å². The zero-order chi connectivity index (χ0) is 14.8. The van der Waals surface area contributed by atoms with Gasteiger partial charge >= 0.3 is 0 Å². The van der Waals surface area contributed by atoms with Crippen LogP contribution in [0.3, 0.4) is 0 Å². The second kappa shape index (κ2) is 5.66. The van der Waals surface area contributed by atoms with E-state index in [1.54, 1.807) is 24.5 Å². The highest BCUT2D eigenvalue weighted by molar-refractivity contribution is 6.30. The van der Waals surface area contributed by atoms with E-state index in [1.165, 1.54) is 0 Å². The summed E-state index contributed by atoms with van der Waals surface area (Å²) in [6.07, 6.45) is 6.81. The molecule has 5 heteroatoms. The summed E-state index contributed by atoms with van der Waals surface area (Å²) in [5, 5.41) is 0.490. The smallest absolute Gasteiger partial charge is 0.150 e. The zero-order valence-electron chi connectivity index (χ0n) is 11.5. The average Bonchev–Trinajstić information content (AvgIpc) is 2.47. The lowest BCUT2D eigenvalue weighted by Gasteiger charge is -2.40. The van der Waals surface area contributed by atoms with E-state index in [0.717, 1.165) is 35.9 Å². The van der Waals surface area contributed by atoms with Gasteiger partial charge in [0.15, 0.2) is 5.15 Å². The molecule has 0 unspecified atom stereocenters. The summed E-state index contributed by atoms with van der Waals surface area (Å²) in [6, 6.07) is 4.01. The maximum atomic E-state index is 6.08. The van der Waals surface area contributed by atoms with Crippen molar-refractivity contribution in [1.29, 1.82) is 0 Å². The number of rotatable bonds is 4. The first-order chi connectivity index (χ1) is 10.2. The number of halogens is 1. The molecule has 0 aromatic carbocycles. The van der Waals surface area contributed by atoms with Crippen LogP contribution in [0.1, 0.15) is 22.9 Å². The highest BCUT2D eigenvalue weighted by atomic mass is 35.5. The molecule has 0 amide bonds. The molecule has 0 N–H and O–H groups in total. The van der Waals surface area contributed by atoms with Crippen molar-refractivity contribution >= 4 is 29.6 Å². The highest BCUT2D eigenvalue weighted by Gasteiger charge is 2.32. The van der Waals surface area contributed by atoms with E-state index in [1.807, 2.05) is 12.1 Å².